The molecule has 1 N–H and O–H groups in total. The largest absolute Gasteiger partial charge is 0.497 e. The molecule has 3 rings (SSSR count). The summed E-state index contributed by atoms with van der Waals surface area (Å²) in [5.41, 5.74) is 0.948. The van der Waals surface area contributed by atoms with Crippen LogP contribution in [0.1, 0.15) is 19.4 Å². The zero-order valence-electron chi connectivity index (χ0n) is 23.6. The normalized spacial score (nSPS) is 11.8. The number of benzene rings is 3. The second-order valence-corrected chi connectivity index (χ2v) is 11.2. The van der Waals surface area contributed by atoms with E-state index in [2.05, 4.69) is 5.32 Å². The molecule has 0 saturated heterocycles. The average Bonchev–Trinajstić information content (AvgIpc) is 2.98. The number of anilines is 1. The van der Waals surface area contributed by atoms with Crippen molar-refractivity contribution in [2.24, 2.45) is 0 Å². The lowest BCUT2D eigenvalue weighted by molar-refractivity contribution is -0.139. The van der Waals surface area contributed by atoms with Crippen molar-refractivity contribution in [2.75, 3.05) is 38.7 Å². The third kappa shape index (κ3) is 7.62. The van der Waals surface area contributed by atoms with E-state index in [1.165, 1.54) is 61.6 Å². The first-order chi connectivity index (χ1) is 19.5. The van der Waals surface area contributed by atoms with Gasteiger partial charge in [0.2, 0.25) is 11.8 Å². The third-order valence-corrected chi connectivity index (χ3v) is 8.39. The number of likely N-dealkylation sites (N-methyl/N-ethyl adjacent to an activating group) is 1. The fraction of sp³-hybridized carbons (Fsp3) is 0.310. The number of methoxy groups -OCH3 is 3. The molecule has 2 amide bonds. The van der Waals surface area contributed by atoms with Gasteiger partial charge in [-0.2, -0.15) is 0 Å². The summed E-state index contributed by atoms with van der Waals surface area (Å²) in [5.74, 6) is 0.246. The lowest BCUT2D eigenvalue weighted by Crippen LogP contribution is -2.51. The van der Waals surface area contributed by atoms with Crippen LogP contribution in [0.2, 0.25) is 5.02 Å². The molecule has 0 fully saturated rings. The second kappa shape index (κ2) is 14.1. The van der Waals surface area contributed by atoms with Crippen molar-refractivity contribution in [3.05, 3.63) is 77.3 Å². The van der Waals surface area contributed by atoms with E-state index in [9.17, 15) is 18.0 Å². The highest BCUT2D eigenvalue weighted by molar-refractivity contribution is 7.92. The molecule has 0 bridgehead atoms. The van der Waals surface area contributed by atoms with E-state index in [1.54, 1.807) is 45.2 Å². The average molecular weight is 604 g/mol. The zero-order valence-corrected chi connectivity index (χ0v) is 25.2. The number of carbonyl (C=O) groups is 2. The Bertz CT molecular complexity index is 1450. The van der Waals surface area contributed by atoms with Crippen LogP contribution in [0.15, 0.2) is 71.6 Å². The van der Waals surface area contributed by atoms with Gasteiger partial charge in [0.15, 0.2) is 11.5 Å². The van der Waals surface area contributed by atoms with Crippen molar-refractivity contribution < 1.29 is 32.2 Å². The van der Waals surface area contributed by atoms with Crippen LogP contribution in [-0.4, -0.2) is 65.6 Å². The van der Waals surface area contributed by atoms with Crippen LogP contribution in [-0.2, 0) is 26.2 Å². The quantitative estimate of drug-likeness (QED) is 0.313. The Labute approximate surface area is 245 Å². The number of carbonyl (C=O) groups excluding carboxylic acids is 2. The molecular weight excluding hydrogens is 570 g/mol. The highest BCUT2D eigenvalue weighted by Gasteiger charge is 2.33. The van der Waals surface area contributed by atoms with Crippen LogP contribution >= 0.6 is 11.6 Å². The molecule has 0 aliphatic rings. The monoisotopic (exact) mass is 603 g/mol. The summed E-state index contributed by atoms with van der Waals surface area (Å²) >= 11 is 6.07. The van der Waals surface area contributed by atoms with Gasteiger partial charge in [-0.3, -0.25) is 13.9 Å². The molecule has 1 atom stereocenters. The number of nitrogens with one attached hydrogen (secondary N) is 1. The number of halogens is 1. The fourth-order valence-corrected chi connectivity index (χ4v) is 5.63. The topological polar surface area (TPSA) is 114 Å². The Morgan fingerprint density at radius 2 is 1.54 bits per heavy atom. The number of hydrogen-bond donors (Lipinski definition) is 1. The van der Waals surface area contributed by atoms with Gasteiger partial charge >= 0.3 is 0 Å². The van der Waals surface area contributed by atoms with Crippen molar-refractivity contribution in [3.8, 4) is 17.2 Å². The molecule has 12 heteroatoms. The van der Waals surface area contributed by atoms with Crippen LogP contribution in [0.3, 0.4) is 0 Å². The van der Waals surface area contributed by atoms with Crippen LogP contribution in [0.4, 0.5) is 5.69 Å². The second-order valence-electron chi connectivity index (χ2n) is 8.95. The van der Waals surface area contributed by atoms with E-state index in [-0.39, 0.29) is 28.8 Å². The Morgan fingerprint density at radius 1 is 0.902 bits per heavy atom. The molecule has 0 aromatic heterocycles. The van der Waals surface area contributed by atoms with E-state index < -0.39 is 28.5 Å². The number of nitrogens with zero attached hydrogens (tertiary/aromatic N) is 2. The predicted molar refractivity (Wildman–Crippen MR) is 157 cm³/mol. The van der Waals surface area contributed by atoms with Crippen molar-refractivity contribution in [3.63, 3.8) is 0 Å². The van der Waals surface area contributed by atoms with Crippen molar-refractivity contribution >= 4 is 39.1 Å². The maximum atomic E-state index is 14.0. The molecule has 10 nitrogen and oxygen atoms in total. The molecule has 0 unspecified atom stereocenters. The fourth-order valence-electron chi connectivity index (χ4n) is 4.07. The first kappa shape index (κ1) is 31.6. The van der Waals surface area contributed by atoms with Gasteiger partial charge < -0.3 is 24.4 Å². The summed E-state index contributed by atoms with van der Waals surface area (Å²) in [4.78, 5) is 28.0. The van der Waals surface area contributed by atoms with Crippen LogP contribution in [0.5, 0.6) is 17.2 Å². The first-order valence-electron chi connectivity index (χ1n) is 12.8. The van der Waals surface area contributed by atoms with E-state index in [4.69, 9.17) is 25.8 Å². The molecule has 0 heterocycles. The third-order valence-electron chi connectivity index (χ3n) is 6.37. The maximum Gasteiger partial charge on any atom is 0.264 e. The Hall–Kier alpha value is -3.96. The molecule has 3 aromatic rings. The summed E-state index contributed by atoms with van der Waals surface area (Å²) in [6.07, 6.45) is 0. The molecular formula is C29H34ClN3O7S. The van der Waals surface area contributed by atoms with E-state index >= 15 is 0 Å². The minimum absolute atomic E-state index is 0.0615. The first-order valence-corrected chi connectivity index (χ1v) is 14.6. The Morgan fingerprint density at radius 3 is 2.10 bits per heavy atom. The molecule has 3 aromatic carbocycles. The molecule has 0 spiro atoms. The van der Waals surface area contributed by atoms with Crippen molar-refractivity contribution in [1.82, 2.24) is 10.2 Å². The van der Waals surface area contributed by atoms with Gasteiger partial charge in [-0.1, -0.05) is 23.7 Å². The molecule has 0 saturated carbocycles. The minimum atomic E-state index is -4.30. The number of rotatable bonds is 13. The van der Waals surface area contributed by atoms with Gasteiger partial charge in [0.25, 0.3) is 10.0 Å². The minimum Gasteiger partial charge on any atom is -0.497 e. The lowest BCUT2D eigenvalue weighted by atomic mass is 10.1. The van der Waals surface area contributed by atoms with Gasteiger partial charge in [0.05, 0.1) is 31.9 Å². The molecule has 41 heavy (non-hydrogen) atoms. The zero-order chi connectivity index (χ0) is 30.2. The van der Waals surface area contributed by atoms with Gasteiger partial charge in [-0.25, -0.2) is 8.42 Å². The summed E-state index contributed by atoms with van der Waals surface area (Å²) < 4.78 is 44.8. The number of sulfonamides is 1. The number of amides is 2. The predicted octanol–water partition coefficient (Wildman–Crippen LogP) is 4.11. The number of ether oxygens (including phenoxy) is 3. The van der Waals surface area contributed by atoms with Gasteiger partial charge in [-0.05, 0) is 67.9 Å². The van der Waals surface area contributed by atoms with E-state index in [0.29, 0.717) is 23.1 Å². The van der Waals surface area contributed by atoms with E-state index in [1.807, 2.05) is 0 Å². The SMILES string of the molecule is CCNC(=O)[C@@H](C)N(Cc1ccc(OC)cc1)C(=O)CN(c1ccc(Cl)cc1)S(=O)(=O)c1ccc(OC)c(OC)c1. The van der Waals surface area contributed by atoms with Crippen LogP contribution in [0.25, 0.3) is 0 Å². The molecule has 0 radical (unpaired) electrons. The lowest BCUT2D eigenvalue weighted by Gasteiger charge is -2.32. The van der Waals surface area contributed by atoms with Gasteiger partial charge in [-0.15, -0.1) is 0 Å². The van der Waals surface area contributed by atoms with Crippen molar-refractivity contribution in [2.45, 2.75) is 31.3 Å². The number of hydrogen-bond acceptors (Lipinski definition) is 7. The highest BCUT2D eigenvalue weighted by Crippen LogP contribution is 2.32. The Balaban J connectivity index is 2.05. The van der Waals surface area contributed by atoms with Crippen LogP contribution < -0.4 is 23.8 Å². The smallest absolute Gasteiger partial charge is 0.264 e. The summed E-state index contributed by atoms with van der Waals surface area (Å²) in [5, 5.41) is 3.13. The summed E-state index contributed by atoms with van der Waals surface area (Å²) in [6, 6.07) is 16.4. The summed E-state index contributed by atoms with van der Waals surface area (Å²) in [6.45, 7) is 3.22. The standard InChI is InChI=1S/C29H34ClN3O7S/c1-6-31-29(35)20(2)32(18-21-7-13-24(38-3)14-8-21)28(34)19-33(23-11-9-22(30)10-12-23)41(36,37)25-15-16-26(39-4)27(17-25)40-5/h7-17,20H,6,18-19H2,1-5H3,(H,31,35)/t20-/m1/s1. The van der Waals surface area contributed by atoms with Crippen molar-refractivity contribution in [1.29, 1.82) is 0 Å². The highest BCUT2D eigenvalue weighted by atomic mass is 35.5. The maximum absolute atomic E-state index is 14.0. The molecule has 220 valence electrons. The van der Waals surface area contributed by atoms with E-state index in [0.717, 1.165) is 9.87 Å². The Kier molecular flexibility index (Phi) is 10.8. The molecule has 0 aliphatic heterocycles. The van der Waals surface area contributed by atoms with Gasteiger partial charge in [0.1, 0.15) is 18.3 Å². The molecule has 0 aliphatic carbocycles. The summed E-state index contributed by atoms with van der Waals surface area (Å²) in [7, 11) is 0.0865. The van der Waals surface area contributed by atoms with Gasteiger partial charge in [0, 0.05) is 24.2 Å². The van der Waals surface area contributed by atoms with Crippen LogP contribution in [0, 0.1) is 0 Å².